The average molecular weight is 191 g/mol. The Labute approximate surface area is 70.2 Å². The van der Waals surface area contributed by atoms with Crippen LogP contribution >= 0.6 is 17.0 Å². The first kappa shape index (κ1) is 9.01. The normalized spacial score (nSPS) is 22.0. The molecule has 8 heavy (non-hydrogen) atoms. The number of rotatable bonds is 0. The molecule has 1 aliphatic carbocycles. The summed E-state index contributed by atoms with van der Waals surface area (Å²) in [5.41, 5.74) is 0. The lowest BCUT2D eigenvalue weighted by atomic mass is 10.0. The van der Waals surface area contributed by atoms with E-state index in [1.807, 2.05) is 0 Å². The van der Waals surface area contributed by atoms with Crippen LogP contribution in [0.3, 0.4) is 0 Å². The minimum atomic E-state index is 0. The predicted octanol–water partition coefficient (Wildman–Crippen LogP) is 2.49. The van der Waals surface area contributed by atoms with Crippen molar-refractivity contribution in [2.45, 2.75) is 36.9 Å². The second-order valence-corrected chi connectivity index (χ2v) is 3.34. The fourth-order valence-electron chi connectivity index (χ4n) is 1.13. The zero-order chi connectivity index (χ0) is 5.11. The van der Waals surface area contributed by atoms with E-state index in [1.54, 1.807) is 0 Å². The van der Waals surface area contributed by atoms with Crippen LogP contribution < -0.4 is 0 Å². The Morgan fingerprint density at radius 2 is 1.50 bits per heavy atom. The summed E-state index contributed by atoms with van der Waals surface area (Å²) in [4.78, 5) is 0. The Morgan fingerprint density at radius 3 is 1.75 bits per heavy atom. The molecule has 0 N–H and O–H groups in total. The highest BCUT2D eigenvalue weighted by Crippen LogP contribution is 2.24. The summed E-state index contributed by atoms with van der Waals surface area (Å²) >= 11 is 2.91. The molecule has 0 bridgehead atoms. The lowest BCUT2D eigenvalue weighted by Gasteiger charge is -2.16. The molecular weight excluding hydrogens is 179 g/mol. The molecule has 0 spiro atoms. The van der Waals surface area contributed by atoms with Crippen molar-refractivity contribution < 1.29 is 0 Å². The van der Waals surface area contributed by atoms with E-state index in [0.29, 0.717) is 0 Å². The van der Waals surface area contributed by atoms with Gasteiger partial charge in [-0.15, -0.1) is 21.8 Å². The largest absolute Gasteiger partial charge is 0.123 e. The van der Waals surface area contributed by atoms with Gasteiger partial charge in [0.2, 0.25) is 0 Å². The molecule has 1 fully saturated rings. The molecule has 0 nitrogen and oxygen atoms in total. The molecule has 46 valence electrons. The zero-order valence-corrected chi connectivity index (χ0v) is 7.97. The molecule has 0 atom stereocenters. The fourth-order valence-corrected chi connectivity index (χ4v) is 1.61. The van der Waals surface area contributed by atoms with Crippen molar-refractivity contribution in [1.29, 1.82) is 0 Å². The van der Waals surface area contributed by atoms with E-state index in [-0.39, 0.29) is 17.0 Å². The maximum Gasteiger partial charge on any atom is 0.123 e. The molecule has 0 amide bonds. The third-order valence-electron chi connectivity index (χ3n) is 1.65. The van der Waals surface area contributed by atoms with Gasteiger partial charge in [0.1, 0.15) is 16.3 Å². The molecule has 0 saturated heterocycles. The van der Waals surface area contributed by atoms with Crippen LogP contribution in [-0.4, -0.2) is 16.3 Å². The highest BCUT2D eigenvalue weighted by atomic mass is 79.9. The van der Waals surface area contributed by atoms with Gasteiger partial charge in [-0.25, -0.2) is 0 Å². The Hall–Kier alpha value is 1.01. The molecule has 1 saturated carbocycles. The lowest BCUT2D eigenvalue weighted by Crippen LogP contribution is -1.98. The summed E-state index contributed by atoms with van der Waals surface area (Å²) in [7, 11) is 0. The topological polar surface area (TPSA) is 0 Å². The molecule has 0 heterocycles. The summed E-state index contributed by atoms with van der Waals surface area (Å²) in [5, 5.41) is 0. The average Bonchev–Trinajstić information content (AvgIpc) is 1.69. The Kier molecular flexibility index (Phi) is 5.46. The minimum Gasteiger partial charge on any atom is -0.114 e. The zero-order valence-electron chi connectivity index (χ0n) is 5.10. The predicted molar refractivity (Wildman–Crippen MR) is 42.9 cm³/mol. The molecule has 0 aliphatic heterocycles. The summed E-state index contributed by atoms with van der Waals surface area (Å²) in [5.74, 6) is 0. The molecule has 2 radical (unpaired) electrons. The molecule has 0 aromatic rings. The van der Waals surface area contributed by atoms with Crippen LogP contribution in [-0.2, 0) is 0 Å². The van der Waals surface area contributed by atoms with Crippen molar-refractivity contribution in [3.05, 3.63) is 0 Å². The van der Waals surface area contributed by atoms with Crippen molar-refractivity contribution in [1.82, 2.24) is 0 Å². The SMILES string of the molecule is Br.[Al][CH]1CCCCC1. The Balaban J connectivity index is 0.000000490. The highest BCUT2D eigenvalue weighted by molar-refractivity contribution is 8.93. The van der Waals surface area contributed by atoms with Gasteiger partial charge in [-0.1, -0.05) is 32.1 Å². The number of hydrogen-bond acceptors (Lipinski definition) is 0. The van der Waals surface area contributed by atoms with E-state index in [1.165, 1.54) is 32.1 Å². The third kappa shape index (κ3) is 3.12. The molecule has 0 aromatic carbocycles. The monoisotopic (exact) mass is 190 g/mol. The van der Waals surface area contributed by atoms with Crippen LogP contribution in [0.1, 0.15) is 32.1 Å². The van der Waals surface area contributed by atoms with Crippen LogP contribution in [0.15, 0.2) is 0 Å². The van der Waals surface area contributed by atoms with Crippen LogP contribution in [0.5, 0.6) is 0 Å². The minimum absolute atomic E-state index is 0. The number of hydrogen-bond donors (Lipinski definition) is 0. The van der Waals surface area contributed by atoms with Gasteiger partial charge in [0, 0.05) is 0 Å². The second-order valence-electron chi connectivity index (χ2n) is 2.40. The van der Waals surface area contributed by atoms with Crippen LogP contribution in [0.4, 0.5) is 0 Å². The lowest BCUT2D eigenvalue weighted by molar-refractivity contribution is 0.504. The van der Waals surface area contributed by atoms with E-state index in [4.69, 9.17) is 0 Å². The summed E-state index contributed by atoms with van der Waals surface area (Å²) in [6, 6.07) is 0. The third-order valence-corrected chi connectivity index (χ3v) is 2.32. The van der Waals surface area contributed by atoms with Gasteiger partial charge < -0.3 is 0 Å². The summed E-state index contributed by atoms with van der Waals surface area (Å²) < 4.78 is 0.953. The van der Waals surface area contributed by atoms with E-state index in [2.05, 4.69) is 16.3 Å². The van der Waals surface area contributed by atoms with E-state index >= 15 is 0 Å². The van der Waals surface area contributed by atoms with Crippen LogP contribution in [0.25, 0.3) is 0 Å². The second kappa shape index (κ2) is 4.85. The summed E-state index contributed by atoms with van der Waals surface area (Å²) in [6.45, 7) is 0. The van der Waals surface area contributed by atoms with Crippen molar-refractivity contribution in [2.75, 3.05) is 0 Å². The summed E-state index contributed by atoms with van der Waals surface area (Å²) in [6.07, 6.45) is 7.31. The van der Waals surface area contributed by atoms with Crippen molar-refractivity contribution >= 4 is 33.3 Å². The molecule has 0 unspecified atom stereocenters. The standard InChI is InChI=1S/C6H11.Al.BrH/c1-2-4-6-5-3-1;;/h1H,2-6H2;;1H. The fraction of sp³-hybridized carbons (Fsp3) is 1.00. The quantitative estimate of drug-likeness (QED) is 0.516. The first-order valence-electron chi connectivity index (χ1n) is 3.15. The van der Waals surface area contributed by atoms with Gasteiger partial charge in [-0.2, -0.15) is 0 Å². The highest BCUT2D eigenvalue weighted by Gasteiger charge is 2.05. The Bertz CT molecular complexity index is 50.5. The van der Waals surface area contributed by atoms with Gasteiger partial charge in [-0.3, -0.25) is 0 Å². The maximum absolute atomic E-state index is 2.91. The van der Waals surface area contributed by atoms with E-state index in [0.717, 1.165) is 4.78 Å². The van der Waals surface area contributed by atoms with E-state index in [9.17, 15) is 0 Å². The smallest absolute Gasteiger partial charge is 0.114 e. The van der Waals surface area contributed by atoms with Gasteiger partial charge in [0.25, 0.3) is 0 Å². The van der Waals surface area contributed by atoms with Crippen molar-refractivity contribution in [3.8, 4) is 0 Å². The van der Waals surface area contributed by atoms with Gasteiger partial charge in [-0.05, 0) is 0 Å². The van der Waals surface area contributed by atoms with Gasteiger partial charge in [0.15, 0.2) is 0 Å². The van der Waals surface area contributed by atoms with Gasteiger partial charge >= 0.3 is 0 Å². The molecule has 0 aromatic heterocycles. The molecular formula is C6H12AlBr. The molecule has 1 aliphatic rings. The van der Waals surface area contributed by atoms with E-state index < -0.39 is 0 Å². The van der Waals surface area contributed by atoms with Crippen molar-refractivity contribution in [2.24, 2.45) is 0 Å². The van der Waals surface area contributed by atoms with Crippen LogP contribution in [0, 0.1) is 0 Å². The number of halogens is 1. The first-order valence-corrected chi connectivity index (χ1v) is 3.82. The Morgan fingerprint density at radius 1 is 1.00 bits per heavy atom. The van der Waals surface area contributed by atoms with Crippen LogP contribution in [0.2, 0.25) is 4.78 Å². The first-order chi connectivity index (χ1) is 3.39. The van der Waals surface area contributed by atoms with Crippen molar-refractivity contribution in [3.63, 3.8) is 0 Å². The molecule has 2 heteroatoms. The molecule has 1 rings (SSSR count). The van der Waals surface area contributed by atoms with Gasteiger partial charge in [0.05, 0.1) is 0 Å². The maximum atomic E-state index is 2.91.